The van der Waals surface area contributed by atoms with Crippen LogP contribution in [0.1, 0.15) is 18.5 Å². The summed E-state index contributed by atoms with van der Waals surface area (Å²) in [6.45, 7) is 5.92. The first-order valence-corrected chi connectivity index (χ1v) is 8.35. The molecule has 0 bridgehead atoms. The second kappa shape index (κ2) is 8.63. The van der Waals surface area contributed by atoms with Gasteiger partial charge in [0.1, 0.15) is 0 Å². The minimum absolute atomic E-state index is 0.377. The third-order valence-electron chi connectivity index (χ3n) is 4.50. The summed E-state index contributed by atoms with van der Waals surface area (Å²) in [6, 6.07) is 4.65. The van der Waals surface area contributed by atoms with E-state index in [1.807, 2.05) is 13.0 Å². The Morgan fingerprint density at radius 3 is 2.46 bits per heavy atom. The standard InChI is InChI=1S/C14H22N4O.C2HF3O2/c1-11-3-4-14(16-15-11)18-7-5-12-13(6-8-18)19-10-9-17(12)2;3-2(4,5)1(6)7/h3-4,12-13H,5-10H2,1-2H3;(H,6,7). The van der Waals surface area contributed by atoms with Gasteiger partial charge in [-0.3, -0.25) is 4.90 Å². The SMILES string of the molecule is Cc1ccc(N2CCC3OCCN(C)C3CC2)nn1.O=C(O)C(F)(F)F. The fraction of sp³-hybridized carbons (Fsp3) is 0.688. The molecule has 0 amide bonds. The first kappa shape index (κ1) is 20.4. The van der Waals surface area contributed by atoms with Crippen molar-refractivity contribution in [2.45, 2.75) is 38.1 Å². The van der Waals surface area contributed by atoms with Gasteiger partial charge in [-0.1, -0.05) is 0 Å². The summed E-state index contributed by atoms with van der Waals surface area (Å²) in [7, 11) is 2.21. The Hall–Kier alpha value is -1.94. The van der Waals surface area contributed by atoms with Gasteiger partial charge in [-0.15, -0.1) is 5.10 Å². The monoisotopic (exact) mass is 376 g/mol. The molecule has 146 valence electrons. The second-order valence-electron chi connectivity index (χ2n) is 6.36. The number of aryl methyl sites for hydroxylation is 1. The van der Waals surface area contributed by atoms with Crippen molar-refractivity contribution < 1.29 is 27.8 Å². The quantitative estimate of drug-likeness (QED) is 0.799. The summed E-state index contributed by atoms with van der Waals surface area (Å²) < 4.78 is 37.7. The molecule has 2 aliphatic rings. The second-order valence-corrected chi connectivity index (χ2v) is 6.36. The van der Waals surface area contributed by atoms with Gasteiger partial charge in [0, 0.05) is 25.7 Å². The van der Waals surface area contributed by atoms with Crippen LogP contribution in [0.3, 0.4) is 0 Å². The molecule has 2 atom stereocenters. The van der Waals surface area contributed by atoms with Crippen molar-refractivity contribution in [3.63, 3.8) is 0 Å². The van der Waals surface area contributed by atoms with E-state index < -0.39 is 12.1 Å². The number of nitrogens with zero attached hydrogens (tertiary/aromatic N) is 4. The number of carbonyl (C=O) groups is 1. The van der Waals surface area contributed by atoms with Crippen LogP contribution in [0, 0.1) is 6.92 Å². The maximum Gasteiger partial charge on any atom is 0.490 e. The Bertz CT molecular complexity index is 597. The molecule has 1 aromatic heterocycles. The van der Waals surface area contributed by atoms with E-state index in [0.717, 1.165) is 50.6 Å². The number of hydrogen-bond donors (Lipinski definition) is 1. The summed E-state index contributed by atoms with van der Waals surface area (Å²) >= 11 is 0. The number of morpholine rings is 1. The van der Waals surface area contributed by atoms with Crippen LogP contribution in [0.25, 0.3) is 0 Å². The van der Waals surface area contributed by atoms with Crippen molar-refractivity contribution in [3.05, 3.63) is 17.8 Å². The minimum atomic E-state index is -5.08. The van der Waals surface area contributed by atoms with Crippen molar-refractivity contribution >= 4 is 11.8 Å². The third-order valence-corrected chi connectivity index (χ3v) is 4.50. The zero-order chi connectivity index (χ0) is 19.3. The topological polar surface area (TPSA) is 78.8 Å². The van der Waals surface area contributed by atoms with E-state index in [9.17, 15) is 13.2 Å². The summed E-state index contributed by atoms with van der Waals surface area (Å²) in [4.78, 5) is 13.7. The van der Waals surface area contributed by atoms with Crippen molar-refractivity contribution in [2.75, 3.05) is 38.2 Å². The summed E-state index contributed by atoms with van der Waals surface area (Å²) in [5.41, 5.74) is 0.968. The lowest BCUT2D eigenvalue weighted by molar-refractivity contribution is -0.192. The van der Waals surface area contributed by atoms with Gasteiger partial charge in [0.05, 0.1) is 18.4 Å². The zero-order valence-electron chi connectivity index (χ0n) is 14.7. The third kappa shape index (κ3) is 5.53. The maximum absolute atomic E-state index is 10.6. The van der Waals surface area contributed by atoms with E-state index in [-0.39, 0.29) is 0 Å². The minimum Gasteiger partial charge on any atom is -0.475 e. The lowest BCUT2D eigenvalue weighted by Crippen LogP contribution is -2.49. The Morgan fingerprint density at radius 1 is 1.23 bits per heavy atom. The maximum atomic E-state index is 10.6. The van der Waals surface area contributed by atoms with E-state index in [1.54, 1.807) is 0 Å². The number of ether oxygens (including phenoxy) is 1. The molecule has 0 aromatic carbocycles. The number of fused-ring (bicyclic) bond motifs is 1. The fourth-order valence-corrected chi connectivity index (χ4v) is 3.06. The highest BCUT2D eigenvalue weighted by molar-refractivity contribution is 5.73. The van der Waals surface area contributed by atoms with Crippen molar-refractivity contribution in [1.82, 2.24) is 15.1 Å². The lowest BCUT2D eigenvalue weighted by atomic mass is 10.0. The molecule has 2 aliphatic heterocycles. The summed E-state index contributed by atoms with van der Waals surface area (Å²) in [5, 5.41) is 15.6. The van der Waals surface area contributed by atoms with Gasteiger partial charge in [-0.2, -0.15) is 18.3 Å². The van der Waals surface area contributed by atoms with Crippen molar-refractivity contribution in [1.29, 1.82) is 0 Å². The molecule has 1 N–H and O–H groups in total. The smallest absolute Gasteiger partial charge is 0.475 e. The van der Waals surface area contributed by atoms with E-state index in [1.165, 1.54) is 0 Å². The van der Waals surface area contributed by atoms with Crippen molar-refractivity contribution in [3.8, 4) is 0 Å². The van der Waals surface area contributed by atoms with Crippen LogP contribution >= 0.6 is 0 Å². The molecular weight excluding hydrogens is 353 g/mol. The number of hydrogen-bond acceptors (Lipinski definition) is 6. The lowest BCUT2D eigenvalue weighted by Gasteiger charge is -2.37. The van der Waals surface area contributed by atoms with Gasteiger partial charge >= 0.3 is 12.1 Å². The van der Waals surface area contributed by atoms with Crippen LogP contribution in [0.15, 0.2) is 12.1 Å². The number of aromatic nitrogens is 2. The number of halogens is 3. The van der Waals surface area contributed by atoms with Gasteiger partial charge in [0.2, 0.25) is 0 Å². The fourth-order valence-electron chi connectivity index (χ4n) is 3.06. The van der Waals surface area contributed by atoms with Crippen LogP contribution in [0.4, 0.5) is 19.0 Å². The average molecular weight is 376 g/mol. The number of likely N-dealkylation sites (N-methyl/N-ethyl adjacent to an activating group) is 1. The predicted molar refractivity (Wildman–Crippen MR) is 88.1 cm³/mol. The first-order chi connectivity index (χ1) is 12.2. The molecule has 2 unspecified atom stereocenters. The summed E-state index contributed by atoms with van der Waals surface area (Å²) in [6.07, 6.45) is -2.50. The molecule has 2 saturated heterocycles. The van der Waals surface area contributed by atoms with Crippen LogP contribution in [-0.2, 0) is 9.53 Å². The van der Waals surface area contributed by atoms with E-state index in [2.05, 4.69) is 33.1 Å². The van der Waals surface area contributed by atoms with Gasteiger partial charge in [-0.05, 0) is 38.9 Å². The molecule has 3 rings (SSSR count). The predicted octanol–water partition coefficient (Wildman–Crippen LogP) is 1.72. The Labute approximate surface area is 149 Å². The number of anilines is 1. The molecule has 3 heterocycles. The normalized spacial score (nSPS) is 24.1. The largest absolute Gasteiger partial charge is 0.490 e. The average Bonchev–Trinajstić information content (AvgIpc) is 2.79. The first-order valence-electron chi connectivity index (χ1n) is 8.35. The number of carboxylic acid groups (broad SMARTS) is 1. The van der Waals surface area contributed by atoms with Crippen LogP contribution in [0.5, 0.6) is 0 Å². The molecule has 1 aromatic rings. The number of alkyl halides is 3. The van der Waals surface area contributed by atoms with Gasteiger partial charge in [0.25, 0.3) is 0 Å². The molecule has 2 fully saturated rings. The Balaban J connectivity index is 0.000000298. The Kier molecular flexibility index (Phi) is 6.76. The molecule has 26 heavy (non-hydrogen) atoms. The van der Waals surface area contributed by atoms with Gasteiger partial charge in [-0.25, -0.2) is 4.79 Å². The van der Waals surface area contributed by atoms with E-state index in [4.69, 9.17) is 14.6 Å². The van der Waals surface area contributed by atoms with Crippen LogP contribution in [0.2, 0.25) is 0 Å². The van der Waals surface area contributed by atoms with Crippen LogP contribution in [-0.4, -0.2) is 77.8 Å². The number of aliphatic carboxylic acids is 1. The van der Waals surface area contributed by atoms with Crippen LogP contribution < -0.4 is 4.90 Å². The van der Waals surface area contributed by atoms with Crippen molar-refractivity contribution in [2.24, 2.45) is 0 Å². The highest BCUT2D eigenvalue weighted by atomic mass is 19.4. The number of carboxylic acids is 1. The zero-order valence-corrected chi connectivity index (χ0v) is 14.7. The highest BCUT2D eigenvalue weighted by Gasteiger charge is 2.38. The molecular formula is C16H23F3N4O3. The van der Waals surface area contributed by atoms with Gasteiger partial charge in [0.15, 0.2) is 5.82 Å². The van der Waals surface area contributed by atoms with Gasteiger partial charge < -0.3 is 14.7 Å². The summed E-state index contributed by atoms with van der Waals surface area (Å²) in [5.74, 6) is -1.76. The Morgan fingerprint density at radius 2 is 1.88 bits per heavy atom. The molecule has 7 nitrogen and oxygen atoms in total. The van der Waals surface area contributed by atoms with E-state index in [0.29, 0.717) is 12.1 Å². The molecule has 0 aliphatic carbocycles. The number of rotatable bonds is 1. The highest BCUT2D eigenvalue weighted by Crippen LogP contribution is 2.24. The van der Waals surface area contributed by atoms with E-state index >= 15 is 0 Å². The molecule has 0 saturated carbocycles. The molecule has 0 spiro atoms. The molecule has 0 radical (unpaired) electrons. The molecule has 10 heteroatoms.